The fourth-order valence-corrected chi connectivity index (χ4v) is 4.02. The third-order valence-corrected chi connectivity index (χ3v) is 5.75. The number of methoxy groups -OCH3 is 1. The van der Waals surface area contributed by atoms with Crippen molar-refractivity contribution in [1.82, 2.24) is 14.5 Å². The molecule has 30 heavy (non-hydrogen) atoms. The summed E-state index contributed by atoms with van der Waals surface area (Å²) < 4.78 is 7.41. The maximum absolute atomic E-state index is 12.6. The SMILES string of the molecule is COc1ccc(-c2csc(NC(=O)CCn3cnc4ccc(Br)cc4c3=O)n2)cc1. The number of aryl methyl sites for hydroxylation is 1. The Labute approximate surface area is 184 Å². The van der Waals surface area contributed by atoms with Crippen LogP contribution in [0.25, 0.3) is 22.2 Å². The van der Waals surface area contributed by atoms with Gasteiger partial charge in [-0.25, -0.2) is 9.97 Å². The second kappa shape index (κ2) is 8.76. The van der Waals surface area contributed by atoms with Gasteiger partial charge in [-0.3, -0.25) is 14.2 Å². The van der Waals surface area contributed by atoms with Crippen molar-refractivity contribution in [2.75, 3.05) is 12.4 Å². The van der Waals surface area contributed by atoms with Crippen LogP contribution in [0.5, 0.6) is 5.75 Å². The summed E-state index contributed by atoms with van der Waals surface area (Å²) in [7, 11) is 1.62. The average Bonchev–Trinajstić information content (AvgIpc) is 3.22. The van der Waals surface area contributed by atoms with E-state index in [2.05, 4.69) is 31.2 Å². The zero-order valence-corrected chi connectivity index (χ0v) is 18.4. The number of thiazole rings is 1. The molecule has 0 fully saturated rings. The van der Waals surface area contributed by atoms with Gasteiger partial charge in [0, 0.05) is 28.4 Å². The molecule has 0 aliphatic rings. The minimum atomic E-state index is -0.216. The predicted octanol–water partition coefficient (Wildman–Crippen LogP) is 4.32. The molecular weight excluding hydrogens is 468 g/mol. The smallest absolute Gasteiger partial charge is 0.261 e. The molecule has 0 spiro atoms. The van der Waals surface area contributed by atoms with Crippen LogP contribution in [0, 0.1) is 0 Å². The molecule has 1 amide bonds. The van der Waals surface area contributed by atoms with E-state index < -0.39 is 0 Å². The summed E-state index contributed by atoms with van der Waals surface area (Å²) in [6.07, 6.45) is 1.61. The van der Waals surface area contributed by atoms with E-state index in [9.17, 15) is 9.59 Å². The lowest BCUT2D eigenvalue weighted by atomic mass is 10.2. The number of ether oxygens (including phenoxy) is 1. The summed E-state index contributed by atoms with van der Waals surface area (Å²) >= 11 is 4.71. The van der Waals surface area contributed by atoms with E-state index in [1.54, 1.807) is 19.2 Å². The minimum Gasteiger partial charge on any atom is -0.497 e. The molecule has 1 N–H and O–H groups in total. The van der Waals surface area contributed by atoms with E-state index in [-0.39, 0.29) is 24.4 Å². The van der Waals surface area contributed by atoms with E-state index >= 15 is 0 Å². The Morgan fingerprint density at radius 2 is 2.03 bits per heavy atom. The van der Waals surface area contributed by atoms with Gasteiger partial charge < -0.3 is 10.1 Å². The Bertz CT molecular complexity index is 1270. The van der Waals surface area contributed by atoms with E-state index in [1.165, 1.54) is 22.2 Å². The van der Waals surface area contributed by atoms with Crippen LogP contribution in [0.1, 0.15) is 6.42 Å². The second-order valence-corrected chi connectivity index (χ2v) is 8.24. The number of nitrogens with zero attached hydrogens (tertiary/aromatic N) is 3. The maximum Gasteiger partial charge on any atom is 0.261 e. The molecule has 2 aromatic heterocycles. The predicted molar refractivity (Wildman–Crippen MR) is 121 cm³/mol. The lowest BCUT2D eigenvalue weighted by molar-refractivity contribution is -0.116. The van der Waals surface area contributed by atoms with Crippen molar-refractivity contribution in [3.63, 3.8) is 0 Å². The number of anilines is 1. The zero-order valence-electron chi connectivity index (χ0n) is 16.0. The summed E-state index contributed by atoms with van der Waals surface area (Å²) in [6, 6.07) is 12.9. The van der Waals surface area contributed by atoms with Crippen LogP contribution in [-0.2, 0) is 11.3 Å². The minimum absolute atomic E-state index is 0.137. The van der Waals surface area contributed by atoms with Crippen LogP contribution in [0.15, 0.2) is 63.4 Å². The van der Waals surface area contributed by atoms with Gasteiger partial charge in [0.1, 0.15) is 5.75 Å². The standard InChI is InChI=1S/C21H17BrN4O3S/c1-29-15-5-2-13(3-6-15)18-11-30-21(24-18)25-19(27)8-9-26-12-23-17-7-4-14(22)10-16(17)20(26)28/h2-7,10-12H,8-9H2,1H3,(H,24,25,27). The van der Waals surface area contributed by atoms with Crippen molar-refractivity contribution in [2.45, 2.75) is 13.0 Å². The fraction of sp³-hybridized carbons (Fsp3) is 0.143. The molecule has 0 saturated heterocycles. The zero-order chi connectivity index (χ0) is 21.1. The highest BCUT2D eigenvalue weighted by atomic mass is 79.9. The monoisotopic (exact) mass is 484 g/mol. The Morgan fingerprint density at radius 1 is 1.23 bits per heavy atom. The maximum atomic E-state index is 12.6. The number of halogens is 1. The molecule has 0 atom stereocenters. The highest BCUT2D eigenvalue weighted by molar-refractivity contribution is 9.10. The molecule has 0 radical (unpaired) electrons. The first-order valence-corrected chi connectivity index (χ1v) is 10.8. The highest BCUT2D eigenvalue weighted by Crippen LogP contribution is 2.26. The van der Waals surface area contributed by atoms with Gasteiger partial charge in [-0.15, -0.1) is 11.3 Å². The molecule has 9 heteroatoms. The van der Waals surface area contributed by atoms with Gasteiger partial charge in [0.15, 0.2) is 5.13 Å². The van der Waals surface area contributed by atoms with Crippen LogP contribution in [0.3, 0.4) is 0 Å². The third-order valence-electron chi connectivity index (χ3n) is 4.50. The number of aromatic nitrogens is 3. The topological polar surface area (TPSA) is 86.1 Å². The molecule has 7 nitrogen and oxygen atoms in total. The van der Waals surface area contributed by atoms with Crippen molar-refractivity contribution >= 4 is 49.2 Å². The van der Waals surface area contributed by atoms with Crippen LogP contribution in [0.2, 0.25) is 0 Å². The Kier molecular flexibility index (Phi) is 5.91. The van der Waals surface area contributed by atoms with Crippen LogP contribution in [-0.4, -0.2) is 27.6 Å². The van der Waals surface area contributed by atoms with Crippen molar-refractivity contribution in [3.8, 4) is 17.0 Å². The van der Waals surface area contributed by atoms with E-state index in [1.807, 2.05) is 35.7 Å². The number of nitrogens with one attached hydrogen (secondary N) is 1. The average molecular weight is 485 g/mol. The molecular formula is C21H17BrN4O3S. The summed E-state index contributed by atoms with van der Waals surface area (Å²) in [5.41, 5.74) is 2.16. The van der Waals surface area contributed by atoms with E-state index in [4.69, 9.17) is 4.74 Å². The summed E-state index contributed by atoms with van der Waals surface area (Å²) in [5, 5.41) is 5.70. The number of benzene rings is 2. The number of hydrogen-bond acceptors (Lipinski definition) is 6. The number of carbonyl (C=O) groups is 1. The second-order valence-electron chi connectivity index (χ2n) is 6.47. The van der Waals surface area contributed by atoms with Crippen LogP contribution < -0.4 is 15.6 Å². The number of carbonyl (C=O) groups excluding carboxylic acids is 1. The molecule has 2 aromatic carbocycles. The van der Waals surface area contributed by atoms with Gasteiger partial charge in [0.05, 0.1) is 30.0 Å². The van der Waals surface area contributed by atoms with Gasteiger partial charge in [-0.2, -0.15) is 0 Å². The van der Waals surface area contributed by atoms with Gasteiger partial charge >= 0.3 is 0 Å². The molecule has 2 heterocycles. The molecule has 4 aromatic rings. The van der Waals surface area contributed by atoms with Gasteiger partial charge in [0.2, 0.25) is 5.91 Å². The first kappa shape index (κ1) is 20.2. The lowest BCUT2D eigenvalue weighted by Gasteiger charge is -2.07. The molecule has 0 unspecified atom stereocenters. The van der Waals surface area contributed by atoms with E-state index in [0.29, 0.717) is 16.0 Å². The summed E-state index contributed by atoms with van der Waals surface area (Å²) in [4.78, 5) is 33.7. The first-order chi connectivity index (χ1) is 14.5. The van der Waals surface area contributed by atoms with Crippen LogP contribution >= 0.6 is 27.3 Å². The van der Waals surface area contributed by atoms with E-state index in [0.717, 1.165) is 21.5 Å². The molecule has 0 saturated carbocycles. The number of amides is 1. The van der Waals surface area contributed by atoms with Crippen molar-refractivity contribution in [3.05, 3.63) is 69.0 Å². The number of fused-ring (bicyclic) bond motifs is 1. The molecule has 0 aliphatic carbocycles. The van der Waals surface area contributed by atoms with Crippen molar-refractivity contribution in [1.29, 1.82) is 0 Å². The quantitative estimate of drug-likeness (QED) is 0.440. The Hall–Kier alpha value is -3.04. The highest BCUT2D eigenvalue weighted by Gasteiger charge is 2.10. The Balaban J connectivity index is 1.41. The van der Waals surface area contributed by atoms with Gasteiger partial charge in [-0.05, 0) is 42.5 Å². The number of rotatable bonds is 6. The molecule has 4 rings (SSSR count). The lowest BCUT2D eigenvalue weighted by Crippen LogP contribution is -2.23. The van der Waals surface area contributed by atoms with Crippen molar-refractivity contribution < 1.29 is 9.53 Å². The van der Waals surface area contributed by atoms with Crippen LogP contribution in [0.4, 0.5) is 5.13 Å². The molecule has 0 bridgehead atoms. The molecule has 152 valence electrons. The summed E-state index contributed by atoms with van der Waals surface area (Å²) in [5.74, 6) is 0.556. The Morgan fingerprint density at radius 3 is 2.80 bits per heavy atom. The number of hydrogen-bond donors (Lipinski definition) is 1. The normalized spacial score (nSPS) is 10.9. The van der Waals surface area contributed by atoms with Crippen molar-refractivity contribution in [2.24, 2.45) is 0 Å². The van der Waals surface area contributed by atoms with Gasteiger partial charge in [0.25, 0.3) is 5.56 Å². The first-order valence-electron chi connectivity index (χ1n) is 9.08. The summed E-state index contributed by atoms with van der Waals surface area (Å²) in [6.45, 7) is 0.233. The molecule has 0 aliphatic heterocycles. The fourth-order valence-electron chi connectivity index (χ4n) is 2.92. The van der Waals surface area contributed by atoms with Gasteiger partial charge in [-0.1, -0.05) is 15.9 Å². The third kappa shape index (κ3) is 4.42. The largest absolute Gasteiger partial charge is 0.497 e.